The number of aryl methyl sites for hydroxylation is 1. The van der Waals surface area contributed by atoms with E-state index in [4.69, 9.17) is 4.74 Å². The van der Waals surface area contributed by atoms with Crippen LogP contribution in [0.5, 0.6) is 5.75 Å². The van der Waals surface area contributed by atoms with E-state index in [0.717, 1.165) is 11.3 Å². The first-order chi connectivity index (χ1) is 10.2. The molecule has 2 rings (SSSR count). The summed E-state index contributed by atoms with van der Waals surface area (Å²) < 4.78 is 6.00. The molecule has 2 heterocycles. The number of hydrogen-bond acceptors (Lipinski definition) is 4. The molecule has 0 radical (unpaired) electrons. The summed E-state index contributed by atoms with van der Waals surface area (Å²) in [6.07, 6.45) is 2.40. The molecule has 1 aliphatic heterocycles. The summed E-state index contributed by atoms with van der Waals surface area (Å²) >= 11 is 3.33. The van der Waals surface area contributed by atoms with Crippen LogP contribution in [0.1, 0.15) is 38.6 Å². The van der Waals surface area contributed by atoms with Gasteiger partial charge in [0.2, 0.25) is 0 Å². The minimum Gasteiger partial charge on any atom is -0.505 e. The molecule has 5 nitrogen and oxygen atoms in total. The van der Waals surface area contributed by atoms with Crippen molar-refractivity contribution in [1.29, 1.82) is 0 Å². The Balaban J connectivity index is 2.10. The van der Waals surface area contributed by atoms with Crippen molar-refractivity contribution >= 4 is 27.6 Å². The molecule has 0 atom stereocenters. The molecule has 0 fully saturated rings. The molecule has 0 aromatic carbocycles. The van der Waals surface area contributed by atoms with Crippen LogP contribution in [-0.4, -0.2) is 39.8 Å². The Hall–Kier alpha value is -1.56. The number of pyridine rings is 1. The SMILES string of the molecule is Cc1nc(C2=CCN(C(=O)OC(C)(C)C)CC2)cc(Br)c1O. The summed E-state index contributed by atoms with van der Waals surface area (Å²) in [6, 6.07) is 1.80. The Kier molecular flexibility index (Phi) is 4.80. The standard InChI is InChI=1S/C16H21BrN2O3/c1-10-14(20)12(17)9-13(18-10)11-5-7-19(8-6-11)15(21)22-16(2,3)4/h5,9,20H,6-8H2,1-4H3. The fourth-order valence-electron chi connectivity index (χ4n) is 2.19. The number of hydrogen-bond donors (Lipinski definition) is 1. The van der Waals surface area contributed by atoms with Crippen LogP contribution >= 0.6 is 15.9 Å². The van der Waals surface area contributed by atoms with Gasteiger partial charge >= 0.3 is 6.09 Å². The van der Waals surface area contributed by atoms with Crippen molar-refractivity contribution < 1.29 is 14.6 Å². The first-order valence-corrected chi connectivity index (χ1v) is 8.00. The van der Waals surface area contributed by atoms with Crippen molar-refractivity contribution in [2.24, 2.45) is 0 Å². The maximum Gasteiger partial charge on any atom is 0.410 e. The third-order valence-electron chi connectivity index (χ3n) is 3.31. The number of rotatable bonds is 1. The molecule has 6 heteroatoms. The second-order valence-electron chi connectivity index (χ2n) is 6.33. The van der Waals surface area contributed by atoms with Crippen molar-refractivity contribution in [1.82, 2.24) is 9.88 Å². The molecule has 120 valence electrons. The largest absolute Gasteiger partial charge is 0.505 e. The van der Waals surface area contributed by atoms with Gasteiger partial charge in [0, 0.05) is 13.1 Å². The maximum absolute atomic E-state index is 12.0. The Morgan fingerprint density at radius 3 is 2.64 bits per heavy atom. The molecule has 1 amide bonds. The van der Waals surface area contributed by atoms with Crippen LogP contribution in [0.15, 0.2) is 16.6 Å². The lowest BCUT2D eigenvalue weighted by molar-refractivity contribution is 0.0270. The van der Waals surface area contributed by atoms with E-state index in [1.165, 1.54) is 0 Å². The van der Waals surface area contributed by atoms with Gasteiger partial charge in [0.25, 0.3) is 0 Å². The highest BCUT2D eigenvalue weighted by atomic mass is 79.9. The lowest BCUT2D eigenvalue weighted by Crippen LogP contribution is -2.39. The smallest absolute Gasteiger partial charge is 0.410 e. The van der Waals surface area contributed by atoms with Crippen LogP contribution < -0.4 is 0 Å². The van der Waals surface area contributed by atoms with Gasteiger partial charge in [-0.1, -0.05) is 6.08 Å². The molecule has 0 aliphatic carbocycles. The van der Waals surface area contributed by atoms with Crippen molar-refractivity contribution in [3.8, 4) is 5.75 Å². The van der Waals surface area contributed by atoms with Gasteiger partial charge in [-0.3, -0.25) is 0 Å². The van der Waals surface area contributed by atoms with E-state index in [1.54, 1.807) is 17.9 Å². The topological polar surface area (TPSA) is 62.7 Å². The van der Waals surface area contributed by atoms with Crippen LogP contribution in [0.3, 0.4) is 0 Å². The predicted molar refractivity (Wildman–Crippen MR) is 88.7 cm³/mol. The Morgan fingerprint density at radius 1 is 1.45 bits per heavy atom. The molecule has 0 bridgehead atoms. The van der Waals surface area contributed by atoms with Gasteiger partial charge in [0.05, 0.1) is 15.9 Å². The van der Waals surface area contributed by atoms with Gasteiger partial charge in [-0.05, 0) is 61.7 Å². The summed E-state index contributed by atoms with van der Waals surface area (Å²) in [5.41, 5.74) is 2.00. The zero-order valence-corrected chi connectivity index (χ0v) is 14.9. The summed E-state index contributed by atoms with van der Waals surface area (Å²) in [7, 11) is 0. The molecule has 1 aromatic heterocycles. The van der Waals surface area contributed by atoms with E-state index in [1.807, 2.05) is 26.8 Å². The zero-order chi connectivity index (χ0) is 16.5. The second kappa shape index (κ2) is 6.28. The highest BCUT2D eigenvalue weighted by molar-refractivity contribution is 9.10. The number of amides is 1. The highest BCUT2D eigenvalue weighted by Gasteiger charge is 2.24. The van der Waals surface area contributed by atoms with Crippen LogP contribution in [0.2, 0.25) is 0 Å². The van der Waals surface area contributed by atoms with E-state index in [-0.39, 0.29) is 11.8 Å². The molecular weight excluding hydrogens is 348 g/mol. The fraction of sp³-hybridized carbons (Fsp3) is 0.500. The Labute approximate surface area is 139 Å². The first kappa shape index (κ1) is 16.8. The van der Waals surface area contributed by atoms with Crippen molar-refractivity contribution in [3.05, 3.63) is 28.0 Å². The quantitative estimate of drug-likeness (QED) is 0.816. The second-order valence-corrected chi connectivity index (χ2v) is 7.18. The normalized spacial score (nSPS) is 15.5. The van der Waals surface area contributed by atoms with Gasteiger partial charge < -0.3 is 14.7 Å². The monoisotopic (exact) mass is 368 g/mol. The number of aromatic nitrogens is 1. The molecular formula is C16H21BrN2O3. The van der Waals surface area contributed by atoms with Crippen molar-refractivity contribution in [2.75, 3.05) is 13.1 Å². The Morgan fingerprint density at radius 2 is 2.14 bits per heavy atom. The van der Waals surface area contributed by atoms with Gasteiger partial charge in [-0.25, -0.2) is 9.78 Å². The number of halogens is 1. The minimum absolute atomic E-state index is 0.163. The van der Waals surface area contributed by atoms with Gasteiger partial charge in [0.15, 0.2) is 5.75 Å². The van der Waals surface area contributed by atoms with Gasteiger partial charge in [0.1, 0.15) is 5.60 Å². The molecule has 1 N–H and O–H groups in total. The molecule has 0 spiro atoms. The average Bonchev–Trinajstić information content (AvgIpc) is 2.42. The molecule has 0 saturated carbocycles. The van der Waals surface area contributed by atoms with Gasteiger partial charge in [-0.2, -0.15) is 0 Å². The lowest BCUT2D eigenvalue weighted by Gasteiger charge is -2.29. The highest BCUT2D eigenvalue weighted by Crippen LogP contribution is 2.31. The van der Waals surface area contributed by atoms with Crippen molar-refractivity contribution in [2.45, 2.75) is 39.7 Å². The summed E-state index contributed by atoms with van der Waals surface area (Å²) in [5, 5.41) is 9.75. The molecule has 22 heavy (non-hydrogen) atoms. The van der Waals surface area contributed by atoms with E-state index >= 15 is 0 Å². The molecule has 0 saturated heterocycles. The predicted octanol–water partition coefficient (Wildman–Crippen LogP) is 3.88. The van der Waals surface area contributed by atoms with Gasteiger partial charge in [-0.15, -0.1) is 0 Å². The van der Waals surface area contributed by atoms with E-state index in [2.05, 4.69) is 20.9 Å². The van der Waals surface area contributed by atoms with E-state index in [0.29, 0.717) is 29.7 Å². The minimum atomic E-state index is -0.485. The molecule has 0 unspecified atom stereocenters. The van der Waals surface area contributed by atoms with Crippen LogP contribution in [-0.2, 0) is 4.74 Å². The van der Waals surface area contributed by atoms with Crippen LogP contribution in [0, 0.1) is 6.92 Å². The molecule has 1 aliphatic rings. The van der Waals surface area contributed by atoms with E-state index < -0.39 is 5.60 Å². The first-order valence-electron chi connectivity index (χ1n) is 7.21. The summed E-state index contributed by atoms with van der Waals surface area (Å²) in [6.45, 7) is 8.44. The summed E-state index contributed by atoms with van der Waals surface area (Å²) in [4.78, 5) is 18.1. The number of carbonyl (C=O) groups is 1. The third-order valence-corrected chi connectivity index (χ3v) is 3.91. The fourth-order valence-corrected chi connectivity index (χ4v) is 2.69. The van der Waals surface area contributed by atoms with Crippen molar-refractivity contribution in [3.63, 3.8) is 0 Å². The lowest BCUT2D eigenvalue weighted by atomic mass is 10.0. The van der Waals surface area contributed by atoms with Crippen LogP contribution in [0.25, 0.3) is 5.57 Å². The number of carbonyl (C=O) groups excluding carboxylic acids is 1. The van der Waals surface area contributed by atoms with E-state index in [9.17, 15) is 9.90 Å². The number of ether oxygens (including phenoxy) is 1. The maximum atomic E-state index is 12.0. The number of aromatic hydroxyl groups is 1. The Bertz CT molecular complexity index is 597. The average molecular weight is 369 g/mol. The zero-order valence-electron chi connectivity index (χ0n) is 13.3. The molecule has 1 aromatic rings. The number of nitrogens with zero attached hydrogens (tertiary/aromatic N) is 2. The van der Waals surface area contributed by atoms with Crippen LogP contribution in [0.4, 0.5) is 4.79 Å². The third kappa shape index (κ3) is 4.00. The summed E-state index contributed by atoms with van der Waals surface area (Å²) in [5.74, 6) is 0.163.